The number of amides is 1. The van der Waals surface area contributed by atoms with Crippen molar-refractivity contribution in [3.63, 3.8) is 0 Å². The lowest BCUT2D eigenvalue weighted by Gasteiger charge is -2.21. The van der Waals surface area contributed by atoms with Gasteiger partial charge in [0.05, 0.1) is 18.2 Å². The molecule has 0 unspecified atom stereocenters. The molecule has 0 aliphatic rings. The second-order valence-electron chi connectivity index (χ2n) is 4.45. The van der Waals surface area contributed by atoms with Crippen LogP contribution in [0, 0.1) is 11.3 Å². The average Bonchev–Trinajstić information content (AvgIpc) is 2.91. The Morgan fingerprint density at radius 3 is 3.00 bits per heavy atom. The molecule has 6 nitrogen and oxygen atoms in total. The van der Waals surface area contributed by atoms with Crippen molar-refractivity contribution in [3.05, 3.63) is 35.6 Å². The van der Waals surface area contributed by atoms with Crippen LogP contribution in [0.1, 0.15) is 6.42 Å². The van der Waals surface area contributed by atoms with Crippen molar-refractivity contribution in [1.29, 1.82) is 5.26 Å². The molecule has 8 heteroatoms. The predicted molar refractivity (Wildman–Crippen MR) is 85.8 cm³/mol. The number of hydrogen-bond donors (Lipinski definition) is 0. The Morgan fingerprint density at radius 1 is 1.55 bits per heavy atom. The molecule has 2 rings (SSSR count). The van der Waals surface area contributed by atoms with Crippen LogP contribution in [0.15, 0.2) is 35.7 Å². The molecule has 0 bridgehead atoms. The lowest BCUT2D eigenvalue weighted by molar-refractivity contribution is -0.116. The minimum atomic E-state index is -0.106. The molecular weight excluding hydrogens is 322 g/mol. The standard InChI is InChI=1S/C14H14ClN5OS/c1-19-10-17-18-14(19)22-9-13(21)20(7-3-6-16)12-5-2-4-11(15)8-12/h2,4-5,8,10H,3,7,9H2,1H3. The number of benzene rings is 1. The molecule has 0 spiro atoms. The van der Waals surface area contributed by atoms with Crippen LogP contribution in [-0.2, 0) is 11.8 Å². The Balaban J connectivity index is 2.09. The zero-order valence-corrected chi connectivity index (χ0v) is 13.5. The molecule has 1 amide bonds. The number of halogens is 1. The van der Waals surface area contributed by atoms with Crippen molar-refractivity contribution >= 4 is 35.0 Å². The molecule has 0 saturated carbocycles. The lowest BCUT2D eigenvalue weighted by atomic mass is 10.2. The summed E-state index contributed by atoms with van der Waals surface area (Å²) in [5.74, 6) is 0.107. The van der Waals surface area contributed by atoms with Gasteiger partial charge in [0, 0.05) is 24.3 Å². The Hall–Kier alpha value is -2.04. The van der Waals surface area contributed by atoms with Crippen LogP contribution >= 0.6 is 23.4 Å². The first-order valence-corrected chi connectivity index (χ1v) is 7.88. The monoisotopic (exact) mass is 335 g/mol. The van der Waals surface area contributed by atoms with Gasteiger partial charge in [0.25, 0.3) is 0 Å². The summed E-state index contributed by atoms with van der Waals surface area (Å²) in [6, 6.07) is 9.09. The molecule has 0 aliphatic carbocycles. The highest BCUT2D eigenvalue weighted by molar-refractivity contribution is 7.99. The van der Waals surface area contributed by atoms with Crippen molar-refractivity contribution in [2.45, 2.75) is 11.6 Å². The molecule has 0 fully saturated rings. The van der Waals surface area contributed by atoms with Crippen molar-refractivity contribution in [2.24, 2.45) is 7.05 Å². The third-order valence-electron chi connectivity index (χ3n) is 2.86. The van der Waals surface area contributed by atoms with Crippen molar-refractivity contribution in [3.8, 4) is 6.07 Å². The summed E-state index contributed by atoms with van der Waals surface area (Å²) in [5, 5.41) is 17.7. The van der Waals surface area contributed by atoms with Gasteiger partial charge in [0.15, 0.2) is 5.16 Å². The van der Waals surface area contributed by atoms with Gasteiger partial charge in [0.2, 0.25) is 5.91 Å². The first-order valence-electron chi connectivity index (χ1n) is 6.51. The van der Waals surface area contributed by atoms with Crippen LogP contribution in [-0.4, -0.2) is 33.0 Å². The Labute approximate surface area is 137 Å². The number of rotatable bonds is 6. The van der Waals surface area contributed by atoms with Crippen LogP contribution in [0.4, 0.5) is 5.69 Å². The number of nitriles is 1. The van der Waals surface area contributed by atoms with Gasteiger partial charge in [-0.2, -0.15) is 5.26 Å². The summed E-state index contributed by atoms with van der Waals surface area (Å²) >= 11 is 7.28. The van der Waals surface area contributed by atoms with Gasteiger partial charge < -0.3 is 9.47 Å². The van der Waals surface area contributed by atoms with E-state index in [1.165, 1.54) is 11.8 Å². The molecule has 22 heavy (non-hydrogen) atoms. The topological polar surface area (TPSA) is 74.8 Å². The lowest BCUT2D eigenvalue weighted by Crippen LogP contribution is -2.33. The Bertz CT molecular complexity index is 697. The van der Waals surface area contributed by atoms with Gasteiger partial charge in [-0.05, 0) is 18.2 Å². The number of carbonyl (C=O) groups excluding carboxylic acids is 1. The molecule has 1 aromatic heterocycles. The van der Waals surface area contributed by atoms with Crippen LogP contribution < -0.4 is 4.90 Å². The third kappa shape index (κ3) is 4.23. The fourth-order valence-corrected chi connectivity index (χ4v) is 2.76. The smallest absolute Gasteiger partial charge is 0.237 e. The van der Waals surface area contributed by atoms with Gasteiger partial charge in [0.1, 0.15) is 6.33 Å². The second-order valence-corrected chi connectivity index (χ2v) is 5.83. The average molecular weight is 336 g/mol. The molecule has 1 aromatic carbocycles. The number of hydrogen-bond acceptors (Lipinski definition) is 5. The molecule has 0 aliphatic heterocycles. The van der Waals surface area contributed by atoms with Crippen molar-refractivity contribution < 1.29 is 4.79 Å². The van der Waals surface area contributed by atoms with E-state index in [4.69, 9.17) is 16.9 Å². The zero-order chi connectivity index (χ0) is 15.9. The van der Waals surface area contributed by atoms with Crippen LogP contribution in [0.5, 0.6) is 0 Å². The van der Waals surface area contributed by atoms with Gasteiger partial charge in [-0.15, -0.1) is 10.2 Å². The molecule has 114 valence electrons. The van der Waals surface area contributed by atoms with Crippen LogP contribution in [0.25, 0.3) is 0 Å². The number of aromatic nitrogens is 3. The molecule has 1 heterocycles. The van der Waals surface area contributed by atoms with Crippen LogP contribution in [0.3, 0.4) is 0 Å². The number of aryl methyl sites for hydroxylation is 1. The first-order chi connectivity index (χ1) is 10.6. The number of carbonyl (C=O) groups is 1. The van der Waals surface area contributed by atoms with Crippen LogP contribution in [0.2, 0.25) is 5.02 Å². The maximum atomic E-state index is 12.5. The van der Waals surface area contributed by atoms with Crippen molar-refractivity contribution in [2.75, 3.05) is 17.2 Å². The number of nitrogens with zero attached hydrogens (tertiary/aromatic N) is 5. The number of thioether (sulfide) groups is 1. The molecule has 2 aromatic rings. The van der Waals surface area contributed by atoms with E-state index in [1.807, 2.05) is 7.05 Å². The highest BCUT2D eigenvalue weighted by Crippen LogP contribution is 2.22. The minimum absolute atomic E-state index is 0.106. The van der Waals surface area contributed by atoms with Gasteiger partial charge >= 0.3 is 0 Å². The third-order valence-corrected chi connectivity index (χ3v) is 4.12. The Morgan fingerprint density at radius 2 is 2.36 bits per heavy atom. The van der Waals surface area contributed by atoms with E-state index < -0.39 is 0 Å². The van der Waals surface area contributed by atoms with Crippen molar-refractivity contribution in [1.82, 2.24) is 14.8 Å². The maximum absolute atomic E-state index is 12.5. The van der Waals surface area contributed by atoms with Gasteiger partial charge in [-0.25, -0.2) is 0 Å². The highest BCUT2D eigenvalue weighted by Gasteiger charge is 2.17. The van der Waals surface area contributed by atoms with E-state index in [0.29, 0.717) is 22.4 Å². The zero-order valence-electron chi connectivity index (χ0n) is 11.9. The molecule has 0 saturated heterocycles. The van der Waals surface area contributed by atoms with E-state index in [1.54, 1.807) is 40.1 Å². The fourth-order valence-electron chi connectivity index (χ4n) is 1.81. The molecule has 0 atom stereocenters. The van der Waals surface area contributed by atoms with E-state index >= 15 is 0 Å². The van der Waals surface area contributed by atoms with E-state index in [2.05, 4.69) is 16.3 Å². The summed E-state index contributed by atoms with van der Waals surface area (Å²) < 4.78 is 1.75. The van der Waals surface area contributed by atoms with Gasteiger partial charge in [-0.1, -0.05) is 29.4 Å². The first kappa shape index (κ1) is 16.3. The van der Waals surface area contributed by atoms with E-state index in [-0.39, 0.29) is 18.1 Å². The van der Waals surface area contributed by atoms with E-state index in [9.17, 15) is 4.79 Å². The fraction of sp³-hybridized carbons (Fsp3) is 0.286. The van der Waals surface area contributed by atoms with Gasteiger partial charge in [-0.3, -0.25) is 4.79 Å². The molecular formula is C14H14ClN5OS. The summed E-state index contributed by atoms with van der Waals surface area (Å²) in [6.07, 6.45) is 1.84. The Kier molecular flexibility index (Phi) is 5.81. The predicted octanol–water partition coefficient (Wildman–Crippen LogP) is 2.51. The SMILES string of the molecule is Cn1cnnc1SCC(=O)N(CCC#N)c1cccc(Cl)c1. The summed E-state index contributed by atoms with van der Waals surface area (Å²) in [7, 11) is 1.82. The quantitative estimate of drug-likeness (QED) is 0.758. The normalized spacial score (nSPS) is 10.2. The molecule has 0 N–H and O–H groups in total. The summed E-state index contributed by atoms with van der Waals surface area (Å²) in [6.45, 7) is 0.328. The maximum Gasteiger partial charge on any atom is 0.237 e. The summed E-state index contributed by atoms with van der Waals surface area (Å²) in [5.41, 5.74) is 0.686. The number of anilines is 1. The second kappa shape index (κ2) is 7.82. The minimum Gasteiger partial charge on any atom is -0.312 e. The highest BCUT2D eigenvalue weighted by atomic mass is 35.5. The van der Waals surface area contributed by atoms with E-state index in [0.717, 1.165) is 0 Å². The largest absolute Gasteiger partial charge is 0.312 e. The molecule has 0 radical (unpaired) electrons. The summed E-state index contributed by atoms with van der Waals surface area (Å²) in [4.78, 5) is 14.0.